The minimum absolute atomic E-state index is 0.171. The number of carbonyl (C=O) groups excluding carboxylic acids is 1. The first-order chi connectivity index (χ1) is 12.2. The molecule has 4 nitrogen and oxygen atoms in total. The van der Waals surface area contributed by atoms with Gasteiger partial charge in [0.25, 0.3) is 5.91 Å². The Morgan fingerprint density at radius 2 is 1.92 bits per heavy atom. The molecular formula is C21H32N2O2. The van der Waals surface area contributed by atoms with Crippen LogP contribution in [0, 0.1) is 11.8 Å². The van der Waals surface area contributed by atoms with Gasteiger partial charge in [0.15, 0.2) is 0 Å². The van der Waals surface area contributed by atoms with Crippen LogP contribution >= 0.6 is 0 Å². The molecule has 1 aromatic carbocycles. The van der Waals surface area contributed by atoms with Crippen LogP contribution in [-0.4, -0.2) is 55.5 Å². The van der Waals surface area contributed by atoms with Crippen LogP contribution in [-0.2, 0) is 11.3 Å². The van der Waals surface area contributed by atoms with Crippen LogP contribution in [0.4, 0.5) is 0 Å². The summed E-state index contributed by atoms with van der Waals surface area (Å²) in [7, 11) is 1.68. The van der Waals surface area contributed by atoms with Crippen molar-refractivity contribution >= 4 is 5.91 Å². The lowest BCUT2D eigenvalue weighted by atomic mass is 9.93. The standard InChI is InChI=1S/C21H32N2O2/c1-17-9-12-22(13-10-17)14-18-6-5-11-23(15-18)21(24)20-8-4-3-7-19(20)16-25-2/h3-4,7-8,17-18H,5-6,9-16H2,1-2H3/t18-/m1/s1. The van der Waals surface area contributed by atoms with Gasteiger partial charge in [0, 0.05) is 32.3 Å². The number of amides is 1. The molecule has 0 aliphatic carbocycles. The molecule has 2 heterocycles. The Morgan fingerprint density at radius 3 is 2.68 bits per heavy atom. The summed E-state index contributed by atoms with van der Waals surface area (Å²) < 4.78 is 5.26. The molecule has 0 N–H and O–H groups in total. The van der Waals surface area contributed by atoms with Crippen molar-refractivity contribution in [2.24, 2.45) is 11.8 Å². The zero-order valence-corrected chi connectivity index (χ0v) is 15.7. The van der Waals surface area contributed by atoms with Crippen LogP contribution in [0.2, 0.25) is 0 Å². The molecule has 25 heavy (non-hydrogen) atoms. The van der Waals surface area contributed by atoms with Gasteiger partial charge in [0.05, 0.1) is 6.61 Å². The van der Waals surface area contributed by atoms with Crippen LogP contribution in [0.5, 0.6) is 0 Å². The maximum absolute atomic E-state index is 13.0. The van der Waals surface area contributed by atoms with Crippen molar-refractivity contribution in [3.8, 4) is 0 Å². The Bertz CT molecular complexity index is 567. The van der Waals surface area contributed by atoms with Crippen molar-refractivity contribution < 1.29 is 9.53 Å². The summed E-state index contributed by atoms with van der Waals surface area (Å²) in [6.45, 7) is 8.22. The second-order valence-corrected chi connectivity index (χ2v) is 7.83. The summed E-state index contributed by atoms with van der Waals surface area (Å²) in [5.41, 5.74) is 1.79. The van der Waals surface area contributed by atoms with E-state index in [2.05, 4.69) is 16.7 Å². The maximum Gasteiger partial charge on any atom is 0.254 e. The number of piperidine rings is 2. The molecule has 0 bridgehead atoms. The van der Waals surface area contributed by atoms with Gasteiger partial charge in [0.2, 0.25) is 0 Å². The molecule has 1 amide bonds. The highest BCUT2D eigenvalue weighted by Gasteiger charge is 2.27. The molecule has 3 rings (SSSR count). The molecule has 0 spiro atoms. The highest BCUT2D eigenvalue weighted by atomic mass is 16.5. The number of benzene rings is 1. The minimum atomic E-state index is 0.171. The highest BCUT2D eigenvalue weighted by molar-refractivity contribution is 5.95. The van der Waals surface area contributed by atoms with Gasteiger partial charge in [-0.3, -0.25) is 4.79 Å². The van der Waals surface area contributed by atoms with Gasteiger partial charge in [-0.2, -0.15) is 0 Å². The SMILES string of the molecule is COCc1ccccc1C(=O)N1CCC[C@H](CN2CCC(C)CC2)C1. The normalized spacial score (nSPS) is 23.0. The lowest BCUT2D eigenvalue weighted by molar-refractivity contribution is 0.0618. The Hall–Kier alpha value is -1.39. The van der Waals surface area contributed by atoms with E-state index in [0.29, 0.717) is 12.5 Å². The van der Waals surface area contributed by atoms with Crippen LogP contribution in [0.25, 0.3) is 0 Å². The second kappa shape index (κ2) is 8.81. The number of carbonyl (C=O) groups is 1. The molecule has 4 heteroatoms. The van der Waals surface area contributed by atoms with E-state index < -0.39 is 0 Å². The summed E-state index contributed by atoms with van der Waals surface area (Å²) in [6, 6.07) is 7.85. The first-order valence-corrected chi connectivity index (χ1v) is 9.76. The Labute approximate surface area is 152 Å². The summed E-state index contributed by atoms with van der Waals surface area (Å²) in [5.74, 6) is 1.66. The summed E-state index contributed by atoms with van der Waals surface area (Å²) in [5, 5.41) is 0. The van der Waals surface area contributed by atoms with E-state index in [1.165, 1.54) is 32.4 Å². The molecule has 0 saturated carbocycles. The predicted molar refractivity (Wildman–Crippen MR) is 101 cm³/mol. The molecular weight excluding hydrogens is 312 g/mol. The van der Waals surface area contributed by atoms with Gasteiger partial charge in [0.1, 0.15) is 0 Å². The van der Waals surface area contributed by atoms with Crippen molar-refractivity contribution in [3.05, 3.63) is 35.4 Å². The third-order valence-electron chi connectivity index (χ3n) is 5.75. The molecule has 0 unspecified atom stereocenters. The van der Waals surface area contributed by atoms with E-state index in [0.717, 1.165) is 43.1 Å². The molecule has 1 atom stereocenters. The third kappa shape index (κ3) is 4.83. The van der Waals surface area contributed by atoms with Gasteiger partial charge >= 0.3 is 0 Å². The van der Waals surface area contributed by atoms with Crippen LogP contribution in [0.1, 0.15) is 48.5 Å². The quantitative estimate of drug-likeness (QED) is 0.820. The van der Waals surface area contributed by atoms with Crippen molar-refractivity contribution in [2.75, 3.05) is 39.8 Å². The summed E-state index contributed by atoms with van der Waals surface area (Å²) >= 11 is 0. The predicted octanol–water partition coefficient (Wildman–Crippen LogP) is 3.42. The Balaban J connectivity index is 1.60. The fourth-order valence-electron chi connectivity index (χ4n) is 4.19. The van der Waals surface area contributed by atoms with Crippen molar-refractivity contribution in [2.45, 2.75) is 39.2 Å². The molecule has 2 aliphatic heterocycles. The highest BCUT2D eigenvalue weighted by Crippen LogP contribution is 2.23. The Morgan fingerprint density at radius 1 is 1.16 bits per heavy atom. The van der Waals surface area contributed by atoms with Crippen LogP contribution < -0.4 is 0 Å². The first kappa shape index (κ1) is 18.4. The molecule has 2 fully saturated rings. The number of hydrogen-bond acceptors (Lipinski definition) is 3. The topological polar surface area (TPSA) is 32.8 Å². The monoisotopic (exact) mass is 344 g/mol. The van der Waals surface area contributed by atoms with Crippen LogP contribution in [0.15, 0.2) is 24.3 Å². The number of ether oxygens (including phenoxy) is 1. The van der Waals surface area contributed by atoms with Gasteiger partial charge in [-0.05, 0) is 62.2 Å². The lowest BCUT2D eigenvalue weighted by Gasteiger charge is -2.38. The average molecular weight is 344 g/mol. The number of nitrogens with zero attached hydrogens (tertiary/aromatic N) is 2. The van der Waals surface area contributed by atoms with Gasteiger partial charge in [-0.15, -0.1) is 0 Å². The fourth-order valence-corrected chi connectivity index (χ4v) is 4.19. The lowest BCUT2D eigenvalue weighted by Crippen LogP contribution is -2.45. The van der Waals surface area contributed by atoms with E-state index in [1.807, 2.05) is 24.3 Å². The first-order valence-electron chi connectivity index (χ1n) is 9.76. The number of methoxy groups -OCH3 is 1. The molecule has 0 aromatic heterocycles. The van der Waals surface area contributed by atoms with Crippen molar-refractivity contribution in [1.82, 2.24) is 9.80 Å². The minimum Gasteiger partial charge on any atom is -0.380 e. The zero-order chi connectivity index (χ0) is 17.6. The maximum atomic E-state index is 13.0. The Kier molecular flexibility index (Phi) is 6.49. The van der Waals surface area contributed by atoms with Gasteiger partial charge in [-0.25, -0.2) is 0 Å². The smallest absolute Gasteiger partial charge is 0.254 e. The second-order valence-electron chi connectivity index (χ2n) is 7.83. The van der Waals surface area contributed by atoms with Crippen molar-refractivity contribution in [1.29, 1.82) is 0 Å². The van der Waals surface area contributed by atoms with E-state index >= 15 is 0 Å². The zero-order valence-electron chi connectivity index (χ0n) is 15.7. The third-order valence-corrected chi connectivity index (χ3v) is 5.75. The number of likely N-dealkylation sites (tertiary alicyclic amines) is 2. The van der Waals surface area contributed by atoms with E-state index in [-0.39, 0.29) is 5.91 Å². The fraction of sp³-hybridized carbons (Fsp3) is 0.667. The summed E-state index contributed by atoms with van der Waals surface area (Å²) in [6.07, 6.45) is 5.00. The number of hydrogen-bond donors (Lipinski definition) is 0. The van der Waals surface area contributed by atoms with Gasteiger partial charge < -0.3 is 14.5 Å². The van der Waals surface area contributed by atoms with E-state index in [9.17, 15) is 4.79 Å². The molecule has 2 aliphatic rings. The molecule has 0 radical (unpaired) electrons. The van der Waals surface area contributed by atoms with E-state index in [1.54, 1.807) is 7.11 Å². The average Bonchev–Trinajstić information content (AvgIpc) is 2.64. The number of rotatable bonds is 5. The summed E-state index contributed by atoms with van der Waals surface area (Å²) in [4.78, 5) is 17.7. The van der Waals surface area contributed by atoms with E-state index in [4.69, 9.17) is 4.74 Å². The van der Waals surface area contributed by atoms with Crippen LogP contribution in [0.3, 0.4) is 0 Å². The van der Waals surface area contributed by atoms with Crippen molar-refractivity contribution in [3.63, 3.8) is 0 Å². The molecule has 1 aromatic rings. The van der Waals surface area contributed by atoms with Gasteiger partial charge in [-0.1, -0.05) is 25.1 Å². The largest absolute Gasteiger partial charge is 0.380 e. The molecule has 2 saturated heterocycles. The molecule has 138 valence electrons.